The topological polar surface area (TPSA) is 91.8 Å². The molecular weight excluding hydrogens is 440 g/mol. The van der Waals surface area contributed by atoms with E-state index in [1.807, 2.05) is 56.8 Å². The molecule has 4 N–H and O–H groups in total. The van der Waals surface area contributed by atoms with Gasteiger partial charge in [-0.25, -0.2) is 14.6 Å². The summed E-state index contributed by atoms with van der Waals surface area (Å²) in [7, 11) is 4.01. The Labute approximate surface area is 161 Å². The molecule has 7 nitrogen and oxygen atoms in total. The zero-order valence-electron chi connectivity index (χ0n) is 13.3. The Bertz CT molecular complexity index is 703. The van der Waals surface area contributed by atoms with E-state index in [1.54, 1.807) is 11.7 Å². The van der Waals surface area contributed by atoms with Crippen LogP contribution in [-0.2, 0) is 14.1 Å². The summed E-state index contributed by atoms with van der Waals surface area (Å²) in [6, 6.07) is 7.81. The molecule has 0 fully saturated rings. The van der Waals surface area contributed by atoms with Gasteiger partial charge in [-0.15, -0.1) is 22.1 Å². The SMILES string of the molecule is Br.Cn1cc[n+](C)c1/C=C/c1ccc(/C=N/N=C(N)NO)cc1.[Br-]. The average molecular weight is 460 g/mol. The van der Waals surface area contributed by atoms with Gasteiger partial charge in [-0.1, -0.05) is 24.3 Å². The number of hydrogen-bond acceptors (Lipinski definition) is 3. The maximum Gasteiger partial charge on any atom is 0.280 e. The Kier molecular flexibility index (Phi) is 9.86. The van der Waals surface area contributed by atoms with Crippen LogP contribution in [0.4, 0.5) is 0 Å². The largest absolute Gasteiger partial charge is 1.00 e. The zero-order valence-corrected chi connectivity index (χ0v) is 16.6. The van der Waals surface area contributed by atoms with Crippen molar-refractivity contribution >= 4 is 41.3 Å². The van der Waals surface area contributed by atoms with Crippen molar-refractivity contribution < 1.29 is 26.8 Å². The molecule has 1 aromatic carbocycles. The number of halogens is 2. The van der Waals surface area contributed by atoms with E-state index in [0.717, 1.165) is 17.0 Å². The molecule has 9 heteroatoms. The van der Waals surface area contributed by atoms with Crippen molar-refractivity contribution in [1.29, 1.82) is 0 Å². The minimum Gasteiger partial charge on any atom is -1.00 e. The highest BCUT2D eigenvalue weighted by Gasteiger charge is 2.05. The number of benzene rings is 1. The van der Waals surface area contributed by atoms with Gasteiger partial charge in [0.1, 0.15) is 12.4 Å². The Hall–Kier alpha value is -1.97. The van der Waals surface area contributed by atoms with Crippen molar-refractivity contribution in [2.75, 3.05) is 0 Å². The highest BCUT2D eigenvalue weighted by molar-refractivity contribution is 8.93. The predicted molar refractivity (Wildman–Crippen MR) is 96.4 cm³/mol. The number of nitrogens with zero attached hydrogens (tertiary/aromatic N) is 4. The molecule has 0 unspecified atom stereocenters. The minimum absolute atomic E-state index is 0. The van der Waals surface area contributed by atoms with Crippen LogP contribution in [-0.4, -0.2) is 21.9 Å². The summed E-state index contributed by atoms with van der Waals surface area (Å²) < 4.78 is 4.10. The van der Waals surface area contributed by atoms with Gasteiger partial charge in [-0.05, 0) is 17.2 Å². The molecule has 0 saturated carbocycles. The van der Waals surface area contributed by atoms with Gasteiger partial charge in [0, 0.05) is 6.08 Å². The molecule has 0 spiro atoms. The van der Waals surface area contributed by atoms with E-state index in [4.69, 9.17) is 10.9 Å². The monoisotopic (exact) mass is 458 g/mol. The fraction of sp³-hybridized carbons (Fsp3) is 0.133. The lowest BCUT2D eigenvalue weighted by Gasteiger charge is -1.96. The van der Waals surface area contributed by atoms with Crippen LogP contribution in [0.5, 0.6) is 0 Å². The molecular formula is C15H20Br2N6O. The van der Waals surface area contributed by atoms with Crippen molar-refractivity contribution in [2.45, 2.75) is 0 Å². The summed E-state index contributed by atoms with van der Waals surface area (Å²) in [6.45, 7) is 0. The summed E-state index contributed by atoms with van der Waals surface area (Å²) in [4.78, 5) is 0. The highest BCUT2D eigenvalue weighted by atomic mass is 79.9. The average Bonchev–Trinajstić information content (AvgIpc) is 2.85. The van der Waals surface area contributed by atoms with E-state index < -0.39 is 0 Å². The van der Waals surface area contributed by atoms with Crippen LogP contribution >= 0.6 is 17.0 Å². The Morgan fingerprint density at radius 1 is 1.25 bits per heavy atom. The first-order valence-corrected chi connectivity index (χ1v) is 6.66. The second kappa shape index (κ2) is 10.7. The quantitative estimate of drug-likeness (QED) is 0.219. The number of nitrogens with one attached hydrogen (secondary N) is 1. The summed E-state index contributed by atoms with van der Waals surface area (Å²) in [5, 5.41) is 15.7. The predicted octanol–water partition coefficient (Wildman–Crippen LogP) is -1.77. The van der Waals surface area contributed by atoms with Crippen LogP contribution in [0.3, 0.4) is 0 Å². The van der Waals surface area contributed by atoms with Crippen LogP contribution in [0.2, 0.25) is 0 Å². The third kappa shape index (κ3) is 6.26. The standard InChI is InChI=1S/C15H18N6O.2BrH/c1-20-9-10-21(2)14(20)8-7-12-3-5-13(6-4-12)11-17-18-15(16)19-22;;/h3-11H,1-2H3,(H3,16,17,18,19,22);2*1H. The number of aryl methyl sites for hydroxylation is 2. The second-order valence-electron chi connectivity index (χ2n) is 4.72. The van der Waals surface area contributed by atoms with Crippen molar-refractivity contribution in [2.24, 2.45) is 30.0 Å². The molecule has 24 heavy (non-hydrogen) atoms. The van der Waals surface area contributed by atoms with Gasteiger partial charge < -0.3 is 22.7 Å². The van der Waals surface area contributed by atoms with E-state index in [-0.39, 0.29) is 39.9 Å². The summed E-state index contributed by atoms with van der Waals surface area (Å²) >= 11 is 0. The number of aromatic nitrogens is 2. The molecule has 0 aliphatic heterocycles. The number of hydrogen-bond donors (Lipinski definition) is 3. The lowest BCUT2D eigenvalue weighted by Crippen LogP contribution is -3.00. The normalized spacial score (nSPS) is 11.4. The number of hydroxylamine groups is 1. The molecule has 0 radical (unpaired) electrons. The van der Waals surface area contributed by atoms with Gasteiger partial charge in [-0.3, -0.25) is 5.21 Å². The molecule has 1 aromatic heterocycles. The van der Waals surface area contributed by atoms with Crippen molar-refractivity contribution in [3.05, 3.63) is 53.6 Å². The fourth-order valence-electron chi connectivity index (χ4n) is 1.88. The Morgan fingerprint density at radius 2 is 1.88 bits per heavy atom. The van der Waals surface area contributed by atoms with Crippen molar-refractivity contribution in [1.82, 2.24) is 10.0 Å². The van der Waals surface area contributed by atoms with Crippen LogP contribution in [0.1, 0.15) is 17.0 Å². The molecule has 0 aliphatic carbocycles. The van der Waals surface area contributed by atoms with Gasteiger partial charge in [0.05, 0.1) is 20.3 Å². The van der Waals surface area contributed by atoms with Gasteiger partial charge in [0.2, 0.25) is 5.96 Å². The van der Waals surface area contributed by atoms with Crippen LogP contribution in [0.15, 0.2) is 46.9 Å². The number of nitrogens with two attached hydrogens (primary N) is 1. The summed E-state index contributed by atoms with van der Waals surface area (Å²) in [5.41, 5.74) is 8.90. The fourth-order valence-corrected chi connectivity index (χ4v) is 1.88. The van der Waals surface area contributed by atoms with E-state index in [1.165, 1.54) is 0 Å². The maximum atomic E-state index is 8.45. The molecule has 0 aliphatic rings. The second-order valence-corrected chi connectivity index (χ2v) is 4.72. The smallest absolute Gasteiger partial charge is 0.280 e. The van der Waals surface area contributed by atoms with Crippen LogP contribution in [0.25, 0.3) is 12.2 Å². The third-order valence-corrected chi connectivity index (χ3v) is 3.08. The first-order valence-electron chi connectivity index (χ1n) is 6.66. The molecule has 130 valence electrons. The third-order valence-electron chi connectivity index (χ3n) is 3.08. The number of guanidine groups is 1. The van der Waals surface area contributed by atoms with Gasteiger partial charge in [0.15, 0.2) is 0 Å². The lowest BCUT2D eigenvalue weighted by molar-refractivity contribution is -0.672. The van der Waals surface area contributed by atoms with Crippen molar-refractivity contribution in [3.63, 3.8) is 0 Å². The molecule has 0 atom stereocenters. The lowest BCUT2D eigenvalue weighted by atomic mass is 10.1. The van der Waals surface area contributed by atoms with E-state index >= 15 is 0 Å². The van der Waals surface area contributed by atoms with Gasteiger partial charge >= 0.3 is 0 Å². The first-order chi connectivity index (χ1) is 10.6. The molecule has 0 bridgehead atoms. The molecule has 2 rings (SSSR count). The van der Waals surface area contributed by atoms with E-state index in [0.29, 0.717) is 0 Å². The van der Waals surface area contributed by atoms with E-state index in [9.17, 15) is 0 Å². The van der Waals surface area contributed by atoms with Crippen LogP contribution in [0, 0.1) is 0 Å². The van der Waals surface area contributed by atoms with E-state index in [2.05, 4.69) is 25.4 Å². The molecule has 1 heterocycles. The minimum atomic E-state index is -0.161. The number of imidazole rings is 1. The summed E-state index contributed by atoms with van der Waals surface area (Å²) in [6.07, 6.45) is 9.66. The Balaban J connectivity index is 0.00000264. The molecule has 2 aromatic rings. The zero-order chi connectivity index (χ0) is 15.9. The number of rotatable bonds is 4. The van der Waals surface area contributed by atoms with Crippen molar-refractivity contribution in [3.8, 4) is 0 Å². The molecule has 0 saturated heterocycles. The summed E-state index contributed by atoms with van der Waals surface area (Å²) in [5.74, 6) is 0.943. The Morgan fingerprint density at radius 3 is 2.42 bits per heavy atom. The first kappa shape index (κ1) is 22.0. The molecule has 0 amide bonds. The highest BCUT2D eigenvalue weighted by Crippen LogP contribution is 2.07. The van der Waals surface area contributed by atoms with Gasteiger partial charge in [0.25, 0.3) is 5.82 Å². The van der Waals surface area contributed by atoms with Crippen LogP contribution < -0.4 is 32.8 Å². The van der Waals surface area contributed by atoms with Gasteiger partial charge in [-0.2, -0.15) is 5.10 Å². The maximum absolute atomic E-state index is 8.45.